The van der Waals surface area contributed by atoms with Gasteiger partial charge in [0.15, 0.2) is 0 Å². The number of hydrogen-bond donors (Lipinski definition) is 1. The number of hydrogen-bond acceptors (Lipinski definition) is 3. The third kappa shape index (κ3) is 4.00. The van der Waals surface area contributed by atoms with Crippen LogP contribution in [0, 0.1) is 0 Å². The first-order valence-corrected chi connectivity index (χ1v) is 10.5. The summed E-state index contributed by atoms with van der Waals surface area (Å²) in [5.74, 6) is -0.161. The average molecular weight is 387 g/mol. The molecule has 0 saturated heterocycles. The van der Waals surface area contributed by atoms with Gasteiger partial charge in [-0.1, -0.05) is 51.1 Å². The first-order chi connectivity index (χ1) is 12.6. The van der Waals surface area contributed by atoms with Gasteiger partial charge in [-0.05, 0) is 41.2 Å². The number of para-hydroxylation sites is 1. The van der Waals surface area contributed by atoms with Crippen LogP contribution in [0.15, 0.2) is 53.4 Å². The van der Waals surface area contributed by atoms with Crippen molar-refractivity contribution in [3.63, 3.8) is 0 Å². The lowest BCUT2D eigenvalue weighted by atomic mass is 9.87. The highest BCUT2D eigenvalue weighted by Crippen LogP contribution is 2.32. The van der Waals surface area contributed by atoms with Crippen molar-refractivity contribution < 1.29 is 13.2 Å². The number of carbonyl (C=O) groups is 1. The van der Waals surface area contributed by atoms with E-state index in [0.717, 1.165) is 11.1 Å². The molecule has 0 spiro atoms. The SMILES string of the molecule is CC(=O)NC1Cc2ccccc2N(S(=O)(=O)c2ccc(C(C)(C)C)cc2)C1. The van der Waals surface area contributed by atoms with Gasteiger partial charge in [-0.15, -0.1) is 0 Å². The maximum absolute atomic E-state index is 13.4. The Morgan fingerprint density at radius 1 is 1.07 bits per heavy atom. The zero-order valence-electron chi connectivity index (χ0n) is 16.2. The van der Waals surface area contributed by atoms with E-state index in [1.165, 1.54) is 11.2 Å². The number of nitrogens with zero attached hydrogens (tertiary/aromatic N) is 1. The number of rotatable bonds is 3. The fourth-order valence-electron chi connectivity index (χ4n) is 3.42. The highest BCUT2D eigenvalue weighted by Gasteiger charge is 2.33. The van der Waals surface area contributed by atoms with Crippen LogP contribution in [-0.2, 0) is 26.7 Å². The molecule has 0 saturated carbocycles. The van der Waals surface area contributed by atoms with E-state index in [-0.39, 0.29) is 28.8 Å². The molecule has 1 heterocycles. The summed E-state index contributed by atoms with van der Waals surface area (Å²) in [7, 11) is -3.72. The van der Waals surface area contributed by atoms with E-state index >= 15 is 0 Å². The predicted molar refractivity (Wildman–Crippen MR) is 107 cm³/mol. The van der Waals surface area contributed by atoms with E-state index in [1.54, 1.807) is 12.1 Å². The van der Waals surface area contributed by atoms with E-state index in [1.807, 2.05) is 36.4 Å². The Labute approximate surface area is 161 Å². The van der Waals surface area contributed by atoms with Crippen molar-refractivity contribution in [2.75, 3.05) is 10.8 Å². The van der Waals surface area contributed by atoms with Crippen LogP contribution in [0.3, 0.4) is 0 Å². The average Bonchev–Trinajstić information content (AvgIpc) is 2.60. The number of fused-ring (bicyclic) bond motifs is 1. The molecule has 3 rings (SSSR count). The number of carbonyl (C=O) groups excluding carboxylic acids is 1. The number of nitrogens with one attached hydrogen (secondary N) is 1. The molecule has 6 heteroatoms. The summed E-state index contributed by atoms with van der Waals surface area (Å²) in [5, 5.41) is 2.86. The Morgan fingerprint density at radius 3 is 2.30 bits per heavy atom. The van der Waals surface area contributed by atoms with Gasteiger partial charge in [-0.25, -0.2) is 8.42 Å². The molecule has 27 heavy (non-hydrogen) atoms. The standard InChI is InChI=1S/C21H26N2O3S/c1-15(24)22-18-13-16-7-5-6-8-20(16)23(14-18)27(25,26)19-11-9-17(10-12-19)21(2,3)4/h5-12,18H,13-14H2,1-4H3,(H,22,24). The molecular weight excluding hydrogens is 360 g/mol. The molecule has 2 aromatic rings. The minimum atomic E-state index is -3.72. The van der Waals surface area contributed by atoms with E-state index in [0.29, 0.717) is 12.1 Å². The summed E-state index contributed by atoms with van der Waals surface area (Å²) >= 11 is 0. The number of amides is 1. The van der Waals surface area contributed by atoms with Crippen molar-refractivity contribution in [1.29, 1.82) is 0 Å². The van der Waals surface area contributed by atoms with Crippen LogP contribution in [0.4, 0.5) is 5.69 Å². The van der Waals surface area contributed by atoms with E-state index in [9.17, 15) is 13.2 Å². The molecule has 0 fully saturated rings. The van der Waals surface area contributed by atoms with Crippen LogP contribution in [-0.4, -0.2) is 26.9 Å². The zero-order valence-corrected chi connectivity index (χ0v) is 17.0. The molecule has 1 aliphatic heterocycles. The Hall–Kier alpha value is -2.34. The van der Waals surface area contributed by atoms with Gasteiger partial charge in [0, 0.05) is 6.92 Å². The maximum atomic E-state index is 13.4. The zero-order chi connectivity index (χ0) is 19.8. The molecule has 0 aromatic heterocycles. The topological polar surface area (TPSA) is 66.5 Å². The van der Waals surface area contributed by atoms with Crippen LogP contribution in [0.1, 0.15) is 38.8 Å². The maximum Gasteiger partial charge on any atom is 0.264 e. The minimum absolute atomic E-state index is 0.0451. The molecule has 144 valence electrons. The minimum Gasteiger partial charge on any atom is -0.351 e. The molecule has 1 unspecified atom stereocenters. The Morgan fingerprint density at radius 2 is 1.70 bits per heavy atom. The smallest absolute Gasteiger partial charge is 0.264 e. The molecule has 0 aliphatic carbocycles. The molecule has 2 aromatic carbocycles. The van der Waals surface area contributed by atoms with Crippen molar-refractivity contribution in [1.82, 2.24) is 5.32 Å². The van der Waals surface area contributed by atoms with Gasteiger partial charge in [0.05, 0.1) is 23.2 Å². The molecule has 1 amide bonds. The van der Waals surface area contributed by atoms with Gasteiger partial charge in [-0.3, -0.25) is 9.10 Å². The fourth-order valence-corrected chi connectivity index (χ4v) is 4.97. The van der Waals surface area contributed by atoms with Gasteiger partial charge in [0.1, 0.15) is 0 Å². The van der Waals surface area contributed by atoms with Crippen molar-refractivity contribution in [3.8, 4) is 0 Å². The van der Waals surface area contributed by atoms with Crippen LogP contribution < -0.4 is 9.62 Å². The number of benzene rings is 2. The van der Waals surface area contributed by atoms with E-state index in [2.05, 4.69) is 26.1 Å². The first-order valence-electron chi connectivity index (χ1n) is 9.07. The van der Waals surface area contributed by atoms with Gasteiger partial charge < -0.3 is 5.32 Å². The normalized spacial score (nSPS) is 17.3. The Bertz CT molecular complexity index is 944. The molecular formula is C21H26N2O3S. The first kappa shape index (κ1) is 19.4. The van der Waals surface area contributed by atoms with Crippen LogP contribution >= 0.6 is 0 Å². The van der Waals surface area contributed by atoms with Crippen molar-refractivity contribution >= 4 is 21.6 Å². The molecule has 5 nitrogen and oxygen atoms in total. The molecule has 0 bridgehead atoms. The molecule has 1 aliphatic rings. The third-order valence-electron chi connectivity index (χ3n) is 4.83. The summed E-state index contributed by atoms with van der Waals surface area (Å²) in [5.41, 5.74) is 2.63. The second kappa shape index (κ2) is 7.00. The largest absolute Gasteiger partial charge is 0.351 e. The van der Waals surface area contributed by atoms with Crippen molar-refractivity contribution in [2.45, 2.75) is 50.5 Å². The Kier molecular flexibility index (Phi) is 5.04. The number of sulfonamides is 1. The fraction of sp³-hybridized carbons (Fsp3) is 0.381. The monoisotopic (exact) mass is 386 g/mol. The molecule has 0 radical (unpaired) electrons. The Balaban J connectivity index is 2.00. The lowest BCUT2D eigenvalue weighted by Crippen LogP contribution is -2.49. The summed E-state index contributed by atoms with van der Waals surface area (Å²) < 4.78 is 28.1. The number of anilines is 1. The van der Waals surface area contributed by atoms with E-state index in [4.69, 9.17) is 0 Å². The molecule has 1 N–H and O–H groups in total. The molecule has 1 atom stereocenters. The summed E-state index contributed by atoms with van der Waals surface area (Å²) in [6.07, 6.45) is 0.616. The van der Waals surface area contributed by atoms with Crippen LogP contribution in [0.25, 0.3) is 0 Å². The predicted octanol–water partition coefficient (Wildman–Crippen LogP) is 3.24. The summed E-state index contributed by atoms with van der Waals surface area (Å²) in [6.45, 7) is 7.95. The summed E-state index contributed by atoms with van der Waals surface area (Å²) in [4.78, 5) is 11.8. The second-order valence-corrected chi connectivity index (χ2v) is 9.90. The van der Waals surface area contributed by atoms with Crippen molar-refractivity contribution in [3.05, 3.63) is 59.7 Å². The van der Waals surface area contributed by atoms with Crippen LogP contribution in [0.5, 0.6) is 0 Å². The summed E-state index contributed by atoms with van der Waals surface area (Å²) in [6, 6.07) is 14.3. The lowest BCUT2D eigenvalue weighted by Gasteiger charge is -2.35. The van der Waals surface area contributed by atoms with Gasteiger partial charge in [-0.2, -0.15) is 0 Å². The van der Waals surface area contributed by atoms with Gasteiger partial charge in [0.25, 0.3) is 10.0 Å². The van der Waals surface area contributed by atoms with Gasteiger partial charge >= 0.3 is 0 Å². The highest BCUT2D eigenvalue weighted by molar-refractivity contribution is 7.92. The quantitative estimate of drug-likeness (QED) is 0.881. The van der Waals surface area contributed by atoms with Crippen molar-refractivity contribution in [2.24, 2.45) is 0 Å². The van der Waals surface area contributed by atoms with E-state index < -0.39 is 10.0 Å². The van der Waals surface area contributed by atoms with Gasteiger partial charge in [0.2, 0.25) is 5.91 Å². The highest BCUT2D eigenvalue weighted by atomic mass is 32.2. The van der Waals surface area contributed by atoms with Crippen LogP contribution in [0.2, 0.25) is 0 Å². The second-order valence-electron chi connectivity index (χ2n) is 8.04. The third-order valence-corrected chi connectivity index (χ3v) is 6.62. The lowest BCUT2D eigenvalue weighted by molar-refractivity contribution is -0.119.